The van der Waals surface area contributed by atoms with Gasteiger partial charge in [0.15, 0.2) is 0 Å². The van der Waals surface area contributed by atoms with Crippen LogP contribution in [0.25, 0.3) is 0 Å². The number of carbonyl (C=O) groups excluding carboxylic acids is 1. The van der Waals surface area contributed by atoms with Crippen LogP contribution in [0.2, 0.25) is 0 Å². The van der Waals surface area contributed by atoms with Crippen LogP contribution in [-0.2, 0) is 0 Å². The molecule has 1 amide bonds. The van der Waals surface area contributed by atoms with Gasteiger partial charge in [0, 0.05) is 6.20 Å². The van der Waals surface area contributed by atoms with E-state index in [9.17, 15) is 4.79 Å². The zero-order chi connectivity index (χ0) is 7.56. The molecule has 0 aliphatic carbocycles. The lowest BCUT2D eigenvalue weighted by Crippen LogP contribution is -2.19. The summed E-state index contributed by atoms with van der Waals surface area (Å²) in [7, 11) is 0. The van der Waals surface area contributed by atoms with Crippen molar-refractivity contribution in [2.24, 2.45) is 5.73 Å². The molecule has 0 saturated carbocycles. The minimum atomic E-state index is -0.637. The number of rotatable bonds is 0. The van der Waals surface area contributed by atoms with E-state index >= 15 is 0 Å². The minimum absolute atomic E-state index is 0.257. The van der Waals surface area contributed by atoms with E-state index < -0.39 is 6.03 Å². The first-order chi connectivity index (χ1) is 4.75. The summed E-state index contributed by atoms with van der Waals surface area (Å²) in [5, 5.41) is 8.38. The predicted molar refractivity (Wildman–Crippen MR) is 34.1 cm³/mol. The summed E-state index contributed by atoms with van der Waals surface area (Å²) in [5.41, 5.74) is 5.16. The summed E-state index contributed by atoms with van der Waals surface area (Å²) in [5.74, 6) is 0. The van der Waals surface area contributed by atoms with Gasteiger partial charge >= 0.3 is 6.03 Å². The summed E-state index contributed by atoms with van der Waals surface area (Å²) in [6.07, 6.45) is 1.45. The SMILES string of the molecule is N#Cc1cccn1C(N)=O. The number of carbonyl (C=O) groups is 1. The normalized spacial score (nSPS) is 8.70. The maximum atomic E-state index is 10.5. The number of amides is 1. The average molecular weight is 135 g/mol. The van der Waals surface area contributed by atoms with Crippen molar-refractivity contribution < 1.29 is 4.79 Å². The van der Waals surface area contributed by atoms with Crippen molar-refractivity contribution in [3.8, 4) is 6.07 Å². The van der Waals surface area contributed by atoms with Crippen LogP contribution in [-0.4, -0.2) is 10.6 Å². The lowest BCUT2D eigenvalue weighted by atomic mass is 10.5. The van der Waals surface area contributed by atoms with Crippen molar-refractivity contribution in [2.45, 2.75) is 0 Å². The Bertz CT molecular complexity index is 294. The summed E-state index contributed by atoms with van der Waals surface area (Å²) in [6.45, 7) is 0. The van der Waals surface area contributed by atoms with Crippen molar-refractivity contribution in [2.75, 3.05) is 0 Å². The lowest BCUT2D eigenvalue weighted by molar-refractivity contribution is 0.250. The Hall–Kier alpha value is -1.76. The molecule has 0 fully saturated rings. The molecule has 0 bridgehead atoms. The van der Waals surface area contributed by atoms with Gasteiger partial charge in [0.25, 0.3) is 0 Å². The third-order valence-electron chi connectivity index (χ3n) is 1.10. The van der Waals surface area contributed by atoms with Crippen LogP contribution in [0.3, 0.4) is 0 Å². The number of nitrogens with zero attached hydrogens (tertiary/aromatic N) is 2. The first-order valence-electron chi connectivity index (χ1n) is 2.63. The lowest BCUT2D eigenvalue weighted by Gasteiger charge is -1.93. The fourth-order valence-electron chi connectivity index (χ4n) is 0.664. The van der Waals surface area contributed by atoms with Crippen LogP contribution >= 0.6 is 0 Å². The highest BCUT2D eigenvalue weighted by atomic mass is 16.2. The molecule has 1 aromatic rings. The second-order valence-electron chi connectivity index (χ2n) is 1.71. The average Bonchev–Trinajstić information content (AvgIpc) is 2.33. The Kier molecular flexibility index (Phi) is 1.42. The topological polar surface area (TPSA) is 71.8 Å². The van der Waals surface area contributed by atoms with Crippen molar-refractivity contribution >= 4 is 6.03 Å². The van der Waals surface area contributed by atoms with Gasteiger partial charge in [-0.25, -0.2) is 4.79 Å². The van der Waals surface area contributed by atoms with Crippen molar-refractivity contribution in [1.82, 2.24) is 4.57 Å². The molecule has 4 heteroatoms. The van der Waals surface area contributed by atoms with Crippen LogP contribution in [0.1, 0.15) is 5.69 Å². The van der Waals surface area contributed by atoms with Crippen LogP contribution < -0.4 is 5.73 Å². The maximum absolute atomic E-state index is 10.5. The van der Waals surface area contributed by atoms with Crippen LogP contribution in [0, 0.1) is 11.3 Å². The highest BCUT2D eigenvalue weighted by molar-refractivity contribution is 5.76. The minimum Gasteiger partial charge on any atom is -0.351 e. The molecular weight excluding hydrogens is 130 g/mol. The molecule has 0 saturated heterocycles. The van der Waals surface area contributed by atoms with Crippen molar-refractivity contribution in [3.63, 3.8) is 0 Å². The summed E-state index contributed by atoms with van der Waals surface area (Å²) < 4.78 is 1.08. The number of primary amides is 1. The summed E-state index contributed by atoms with van der Waals surface area (Å²) in [6, 6.07) is 4.29. The van der Waals surface area contributed by atoms with Gasteiger partial charge in [-0.05, 0) is 12.1 Å². The fourth-order valence-corrected chi connectivity index (χ4v) is 0.664. The molecule has 0 aliphatic rings. The van der Waals surface area contributed by atoms with E-state index in [-0.39, 0.29) is 5.69 Å². The summed E-state index contributed by atoms with van der Waals surface area (Å²) in [4.78, 5) is 10.5. The van der Waals surface area contributed by atoms with Gasteiger partial charge in [-0.2, -0.15) is 5.26 Å². The third kappa shape index (κ3) is 0.845. The van der Waals surface area contributed by atoms with Gasteiger partial charge in [0.2, 0.25) is 0 Å². The van der Waals surface area contributed by atoms with E-state index in [0.29, 0.717) is 0 Å². The monoisotopic (exact) mass is 135 g/mol. The third-order valence-corrected chi connectivity index (χ3v) is 1.10. The highest BCUT2D eigenvalue weighted by Crippen LogP contribution is 1.97. The van der Waals surface area contributed by atoms with Crippen LogP contribution in [0.4, 0.5) is 4.79 Å². The zero-order valence-corrected chi connectivity index (χ0v) is 5.11. The number of hydrogen-bond acceptors (Lipinski definition) is 2. The second kappa shape index (κ2) is 2.23. The first-order valence-corrected chi connectivity index (χ1v) is 2.63. The standard InChI is InChI=1S/C6H5N3O/c7-4-5-2-1-3-9(5)6(8)10/h1-3H,(H2,8,10). The maximum Gasteiger partial charge on any atom is 0.323 e. The molecule has 2 N–H and O–H groups in total. The number of nitriles is 1. The molecule has 0 aromatic carbocycles. The van der Waals surface area contributed by atoms with Gasteiger partial charge in [0.1, 0.15) is 11.8 Å². The zero-order valence-electron chi connectivity index (χ0n) is 5.11. The molecule has 0 unspecified atom stereocenters. The molecule has 4 nitrogen and oxygen atoms in total. The first kappa shape index (κ1) is 6.36. The molecule has 1 aromatic heterocycles. The smallest absolute Gasteiger partial charge is 0.323 e. The number of nitrogens with two attached hydrogens (primary N) is 1. The van der Waals surface area contributed by atoms with E-state index in [2.05, 4.69) is 0 Å². The van der Waals surface area contributed by atoms with E-state index in [0.717, 1.165) is 4.57 Å². The predicted octanol–water partition coefficient (Wildman–Crippen LogP) is 0.287. The Morgan fingerprint density at radius 2 is 2.50 bits per heavy atom. The van der Waals surface area contributed by atoms with Crippen LogP contribution in [0.15, 0.2) is 18.3 Å². The molecule has 0 spiro atoms. The van der Waals surface area contributed by atoms with Gasteiger partial charge in [0.05, 0.1) is 0 Å². The molecule has 0 atom stereocenters. The van der Waals surface area contributed by atoms with Crippen LogP contribution in [0.5, 0.6) is 0 Å². The second-order valence-corrected chi connectivity index (χ2v) is 1.71. The molecule has 10 heavy (non-hydrogen) atoms. The number of aromatic nitrogens is 1. The Morgan fingerprint density at radius 1 is 1.80 bits per heavy atom. The van der Waals surface area contributed by atoms with E-state index in [1.165, 1.54) is 12.3 Å². The van der Waals surface area contributed by atoms with Crippen molar-refractivity contribution in [1.29, 1.82) is 5.26 Å². The Labute approximate surface area is 57.5 Å². The Morgan fingerprint density at radius 3 is 2.90 bits per heavy atom. The fraction of sp³-hybridized carbons (Fsp3) is 0. The van der Waals surface area contributed by atoms with Gasteiger partial charge in [-0.3, -0.25) is 4.57 Å². The molecule has 50 valence electrons. The summed E-state index contributed by atoms with van der Waals surface area (Å²) >= 11 is 0. The molecule has 0 aliphatic heterocycles. The van der Waals surface area contributed by atoms with Crippen molar-refractivity contribution in [3.05, 3.63) is 24.0 Å². The van der Waals surface area contributed by atoms with E-state index in [1.54, 1.807) is 6.07 Å². The van der Waals surface area contributed by atoms with E-state index in [4.69, 9.17) is 11.0 Å². The number of hydrogen-bond donors (Lipinski definition) is 1. The molecule has 0 radical (unpaired) electrons. The van der Waals surface area contributed by atoms with Gasteiger partial charge < -0.3 is 5.73 Å². The molecule has 1 rings (SSSR count). The molecule has 1 heterocycles. The quantitative estimate of drug-likeness (QED) is 0.555. The van der Waals surface area contributed by atoms with E-state index in [1.807, 2.05) is 6.07 Å². The highest BCUT2D eigenvalue weighted by Gasteiger charge is 2.01. The molecular formula is C6H5N3O. The Balaban J connectivity index is 3.17. The largest absolute Gasteiger partial charge is 0.351 e. The van der Waals surface area contributed by atoms with Gasteiger partial charge in [-0.1, -0.05) is 0 Å². The van der Waals surface area contributed by atoms with Gasteiger partial charge in [-0.15, -0.1) is 0 Å².